The molecule has 0 unspecified atom stereocenters. The molecule has 6 atom stereocenters. The van der Waals surface area contributed by atoms with E-state index < -0.39 is 41.9 Å². The van der Waals surface area contributed by atoms with Gasteiger partial charge in [-0.25, -0.2) is 4.79 Å². The molecule has 0 aliphatic carbocycles. The van der Waals surface area contributed by atoms with Crippen molar-refractivity contribution in [2.24, 2.45) is 11.8 Å². The molecule has 0 radical (unpaired) electrons. The first-order chi connectivity index (χ1) is 30.3. The van der Waals surface area contributed by atoms with Crippen molar-refractivity contribution in [2.45, 2.75) is 51.0 Å². The van der Waals surface area contributed by atoms with Crippen LogP contribution in [0.25, 0.3) is 11.1 Å². The van der Waals surface area contributed by atoms with Crippen molar-refractivity contribution in [1.82, 2.24) is 19.6 Å². The second-order valence-corrected chi connectivity index (χ2v) is 15.9. The average Bonchev–Trinajstić information content (AvgIpc) is 3.81. The zero-order valence-electron chi connectivity index (χ0n) is 36.1. The molecule has 0 saturated carbocycles. The van der Waals surface area contributed by atoms with Gasteiger partial charge in [0.25, 0.3) is 11.8 Å². The molecule has 336 valence electrons. The molecule has 4 amide bonds. The standard InChI is InChI=1S/C24H28N2O7.C21H24N2O7.Na/c1-3-10-32-24(30)22-18(13-19-21(15(2)27)23(29)26(19)22)16-4-6-17(7-5-16)33-14-20(28)25-8-11-31-12-9-25;1-12(24)18-16-10-15(19(21(27)28)23(16)20(18)26)13-2-4-14(5-3-13)30-11-17(25)22-6-8-29-9-7-22;/h3-7,15,19,21,27H,1,8-14H2,2H3;2-5,12,16,18,24H,6-11H2,1H3,(H,27,28);/q;;+1/p-1/t15-,19-,21-;12-,16-,18-;/m11./s1. The molecular weight excluding hydrogens is 843 g/mol. The van der Waals surface area contributed by atoms with E-state index in [2.05, 4.69) is 6.58 Å². The Hall–Kier alpha value is -5.08. The van der Waals surface area contributed by atoms with Gasteiger partial charge in [-0.15, -0.1) is 0 Å². The Bertz CT molecular complexity index is 2160. The molecule has 2 aromatic carbocycles. The van der Waals surface area contributed by atoms with E-state index >= 15 is 0 Å². The van der Waals surface area contributed by atoms with Crippen molar-refractivity contribution in [3.05, 3.63) is 83.7 Å². The predicted octanol–water partition coefficient (Wildman–Crippen LogP) is -3.02. The van der Waals surface area contributed by atoms with Crippen molar-refractivity contribution >= 4 is 46.7 Å². The Labute approximate surface area is 392 Å². The minimum atomic E-state index is -1.42. The zero-order chi connectivity index (χ0) is 44.9. The molecule has 6 heterocycles. The molecule has 4 saturated heterocycles. The van der Waals surface area contributed by atoms with Gasteiger partial charge in [-0.3, -0.25) is 19.2 Å². The third-order valence-electron chi connectivity index (χ3n) is 12.0. The molecule has 6 aliphatic heterocycles. The Morgan fingerprint density at radius 2 is 1.11 bits per heavy atom. The van der Waals surface area contributed by atoms with Gasteiger partial charge in [0.2, 0.25) is 11.8 Å². The Morgan fingerprint density at radius 3 is 1.48 bits per heavy atom. The van der Waals surface area contributed by atoms with E-state index in [1.807, 2.05) is 0 Å². The number of morpholine rings is 2. The van der Waals surface area contributed by atoms with Crippen LogP contribution in [-0.2, 0) is 43.0 Å². The van der Waals surface area contributed by atoms with Gasteiger partial charge in [-0.05, 0) is 73.2 Å². The van der Waals surface area contributed by atoms with Crippen LogP contribution in [0.15, 0.2) is 72.6 Å². The average molecular weight is 895 g/mol. The third-order valence-corrected chi connectivity index (χ3v) is 12.0. The number of hydrogen-bond acceptors (Lipinski definition) is 14. The molecule has 0 aromatic heterocycles. The number of carbonyl (C=O) groups is 6. The smallest absolute Gasteiger partial charge is 0.543 e. The minimum Gasteiger partial charge on any atom is -0.543 e. The van der Waals surface area contributed by atoms with Crippen LogP contribution < -0.4 is 44.1 Å². The SMILES string of the molecule is C=CCOC(=O)C1=C(c2ccc(OCC(=O)N3CCOCC3)cc2)C[C@@H]2[C@@H]([C@@H](C)O)C(=O)N12.C[C@@H](O)[C@H]1C(=O)N2C(C(=O)[O-])=C(c3ccc(OCC(=O)N4CCOCC4)cc3)C[C@H]12.[Na+]. The molecule has 8 rings (SSSR count). The number of hydrogen-bond donors (Lipinski definition) is 2. The molecule has 18 nitrogen and oxygen atoms in total. The monoisotopic (exact) mass is 894 g/mol. The van der Waals surface area contributed by atoms with Crippen LogP contribution in [0.5, 0.6) is 11.5 Å². The maximum absolute atomic E-state index is 12.7. The first-order valence-corrected chi connectivity index (χ1v) is 21.0. The maximum atomic E-state index is 12.7. The van der Waals surface area contributed by atoms with Crippen LogP contribution in [0.1, 0.15) is 37.8 Å². The summed E-state index contributed by atoms with van der Waals surface area (Å²) in [5.41, 5.74) is 2.62. The summed E-state index contributed by atoms with van der Waals surface area (Å²) in [5.74, 6) is -3.05. The van der Waals surface area contributed by atoms with Crippen molar-refractivity contribution in [2.75, 3.05) is 72.4 Å². The van der Waals surface area contributed by atoms with Crippen LogP contribution in [-0.4, -0.2) is 162 Å². The van der Waals surface area contributed by atoms with E-state index in [9.17, 15) is 44.1 Å². The van der Waals surface area contributed by atoms with Crippen LogP contribution >= 0.6 is 0 Å². The third kappa shape index (κ3) is 10.1. The zero-order valence-corrected chi connectivity index (χ0v) is 38.1. The molecule has 6 aliphatic rings. The van der Waals surface area contributed by atoms with Crippen LogP contribution in [0.3, 0.4) is 0 Å². The fourth-order valence-electron chi connectivity index (χ4n) is 8.84. The normalized spacial score (nSPS) is 23.3. The van der Waals surface area contributed by atoms with Crippen molar-refractivity contribution in [1.29, 1.82) is 0 Å². The molecule has 0 bridgehead atoms. The number of aliphatic hydroxyl groups excluding tert-OH is 2. The number of β-lactam (4-membered cyclic amide) rings is 2. The first-order valence-electron chi connectivity index (χ1n) is 21.0. The summed E-state index contributed by atoms with van der Waals surface area (Å²) < 4.78 is 26.9. The van der Waals surface area contributed by atoms with E-state index in [1.165, 1.54) is 22.8 Å². The van der Waals surface area contributed by atoms with E-state index in [1.54, 1.807) is 65.3 Å². The van der Waals surface area contributed by atoms with Crippen molar-refractivity contribution in [3.63, 3.8) is 0 Å². The maximum Gasteiger partial charge on any atom is 1.00 e. The van der Waals surface area contributed by atoms with Crippen LogP contribution in [0.4, 0.5) is 0 Å². The van der Waals surface area contributed by atoms with Gasteiger partial charge >= 0.3 is 35.5 Å². The predicted molar refractivity (Wildman–Crippen MR) is 220 cm³/mol. The fraction of sp³-hybridized carbons (Fsp3) is 0.467. The molecule has 4 fully saturated rings. The van der Waals surface area contributed by atoms with Gasteiger partial charge in [0.15, 0.2) is 13.2 Å². The number of aliphatic carboxylic acids is 1. The van der Waals surface area contributed by atoms with E-state index in [0.29, 0.717) is 93.7 Å². The van der Waals surface area contributed by atoms with Crippen LogP contribution in [0, 0.1) is 11.8 Å². The Balaban J connectivity index is 0.000000210. The Morgan fingerprint density at radius 1 is 0.719 bits per heavy atom. The summed E-state index contributed by atoms with van der Waals surface area (Å²) >= 11 is 0. The van der Waals surface area contributed by atoms with Crippen LogP contribution in [0.2, 0.25) is 0 Å². The largest absolute Gasteiger partial charge is 1.00 e. The Kier molecular flexibility index (Phi) is 16.1. The molecule has 64 heavy (non-hydrogen) atoms. The quantitative estimate of drug-likeness (QED) is 0.0834. The molecule has 2 aromatic rings. The summed E-state index contributed by atoms with van der Waals surface area (Å²) in [7, 11) is 0. The number of esters is 1. The number of amides is 4. The summed E-state index contributed by atoms with van der Waals surface area (Å²) in [6, 6.07) is 13.1. The van der Waals surface area contributed by atoms with Gasteiger partial charge in [-0.2, -0.15) is 0 Å². The second kappa shape index (κ2) is 21.3. The van der Waals surface area contributed by atoms with Gasteiger partial charge < -0.3 is 63.4 Å². The number of benzene rings is 2. The minimum absolute atomic E-state index is 0. The number of carboxylic acid groups (broad SMARTS) is 1. The molecule has 19 heteroatoms. The van der Waals surface area contributed by atoms with E-state index in [4.69, 9.17) is 23.7 Å². The molecule has 0 spiro atoms. The van der Waals surface area contributed by atoms with E-state index in [0.717, 1.165) is 5.56 Å². The summed E-state index contributed by atoms with van der Waals surface area (Å²) in [4.78, 5) is 79.8. The van der Waals surface area contributed by atoms with Crippen molar-refractivity contribution < 1.29 is 97.3 Å². The summed E-state index contributed by atoms with van der Waals surface area (Å²) in [6.07, 6.45) is 0.589. The van der Waals surface area contributed by atoms with Crippen molar-refractivity contribution in [3.8, 4) is 11.5 Å². The van der Waals surface area contributed by atoms with Gasteiger partial charge in [-0.1, -0.05) is 36.9 Å². The number of aliphatic hydroxyl groups is 2. The van der Waals surface area contributed by atoms with Gasteiger partial charge in [0.05, 0.1) is 74.2 Å². The number of carbonyl (C=O) groups excluding carboxylic acids is 6. The topological polar surface area (TPSA) is 225 Å². The second-order valence-electron chi connectivity index (χ2n) is 15.9. The molecule has 2 N–H and O–H groups in total. The number of rotatable bonds is 14. The first kappa shape index (κ1) is 48.4. The van der Waals surface area contributed by atoms with Gasteiger partial charge in [0, 0.05) is 26.2 Å². The molecular formula is C45H51N4NaO14. The summed E-state index contributed by atoms with van der Waals surface area (Å²) in [6.45, 7) is 10.9. The number of nitrogens with zero attached hydrogens (tertiary/aromatic N) is 4. The summed E-state index contributed by atoms with van der Waals surface area (Å²) in [5, 5.41) is 31.5. The number of carboxylic acids is 1. The fourth-order valence-corrected chi connectivity index (χ4v) is 8.84. The van der Waals surface area contributed by atoms with E-state index in [-0.39, 0.29) is 90.6 Å². The number of ether oxygens (including phenoxy) is 5. The number of fused-ring (bicyclic) bond motifs is 2. The van der Waals surface area contributed by atoms with Gasteiger partial charge in [0.1, 0.15) is 23.8 Å².